The average Bonchev–Trinajstić information content (AvgIpc) is 2.67. The Bertz CT molecular complexity index is 693. The summed E-state index contributed by atoms with van der Waals surface area (Å²) in [7, 11) is 0. The molecule has 0 aromatic heterocycles. The topological polar surface area (TPSA) is 65.2 Å². The molecule has 0 saturated heterocycles. The third kappa shape index (κ3) is 5.31. The first-order chi connectivity index (χ1) is 12.5. The van der Waals surface area contributed by atoms with E-state index in [1.165, 1.54) is 17.8 Å². The number of nitrogens with one attached hydrogen (secondary N) is 1. The number of rotatable bonds is 4. The number of hydrogen-bond donors (Lipinski definition) is 1. The monoisotopic (exact) mass is 375 g/mol. The Hall–Kier alpha value is -1.87. The summed E-state index contributed by atoms with van der Waals surface area (Å²) >= 11 is 1.35. The van der Waals surface area contributed by atoms with Crippen molar-refractivity contribution in [3.8, 4) is 6.07 Å². The smallest absolute Gasteiger partial charge is 0.229 e. The molecule has 4 nitrogen and oxygen atoms in total. The summed E-state index contributed by atoms with van der Waals surface area (Å²) in [6, 6.07) is 8.50. The molecule has 26 heavy (non-hydrogen) atoms. The molecule has 1 aliphatic carbocycles. The van der Waals surface area contributed by atoms with E-state index in [0.717, 1.165) is 25.7 Å². The van der Waals surface area contributed by atoms with E-state index in [1.807, 2.05) is 20.1 Å². The molecule has 1 amide bonds. The summed E-state index contributed by atoms with van der Waals surface area (Å²) < 4.78 is 13.9. The van der Waals surface area contributed by atoms with Gasteiger partial charge in [-0.05, 0) is 50.8 Å². The normalized spacial score (nSPS) is 23.0. The van der Waals surface area contributed by atoms with Crippen LogP contribution in [-0.2, 0) is 4.79 Å². The summed E-state index contributed by atoms with van der Waals surface area (Å²) in [4.78, 5) is 17.1. The van der Waals surface area contributed by atoms with Crippen LogP contribution in [0, 0.1) is 34.9 Å². The van der Waals surface area contributed by atoms with Crippen molar-refractivity contribution in [1.29, 1.82) is 5.26 Å². The molecule has 0 aliphatic heterocycles. The molecule has 1 fully saturated rings. The maximum absolute atomic E-state index is 13.9. The summed E-state index contributed by atoms with van der Waals surface area (Å²) in [6.45, 7) is 3.75. The van der Waals surface area contributed by atoms with Crippen LogP contribution in [0.5, 0.6) is 0 Å². The van der Waals surface area contributed by atoms with Crippen molar-refractivity contribution in [3.05, 3.63) is 35.6 Å². The van der Waals surface area contributed by atoms with Crippen LogP contribution >= 0.6 is 11.8 Å². The van der Waals surface area contributed by atoms with Crippen LogP contribution in [0.15, 0.2) is 29.3 Å². The van der Waals surface area contributed by atoms with Gasteiger partial charge in [-0.25, -0.2) is 4.39 Å². The Morgan fingerprint density at radius 1 is 1.31 bits per heavy atom. The first-order valence-electron chi connectivity index (χ1n) is 9.03. The number of hydrogen-bond acceptors (Lipinski definition) is 4. The second kappa shape index (κ2) is 9.72. The Balaban J connectivity index is 1.99. The molecule has 1 saturated carbocycles. The van der Waals surface area contributed by atoms with Gasteiger partial charge in [-0.1, -0.05) is 36.9 Å². The van der Waals surface area contributed by atoms with Crippen molar-refractivity contribution >= 4 is 22.8 Å². The minimum atomic E-state index is -0.375. The lowest BCUT2D eigenvalue weighted by molar-refractivity contribution is -0.125. The van der Waals surface area contributed by atoms with Gasteiger partial charge in [-0.3, -0.25) is 9.79 Å². The number of carbonyl (C=O) groups is 1. The first kappa shape index (κ1) is 20.4. The molecule has 0 bridgehead atoms. The predicted molar refractivity (Wildman–Crippen MR) is 104 cm³/mol. The van der Waals surface area contributed by atoms with E-state index in [-0.39, 0.29) is 29.6 Å². The summed E-state index contributed by atoms with van der Waals surface area (Å²) in [5.74, 6) is -0.0497. The Labute approximate surface area is 159 Å². The van der Waals surface area contributed by atoms with E-state index in [0.29, 0.717) is 16.6 Å². The zero-order chi connectivity index (χ0) is 19.1. The standard InChI is InChI=1S/C20H26FN3OS/c1-13(16-10-8-15(12-22)9-11-16)19(25)24-20(26-3)23-14(2)17-6-4-5-7-18(17)21/h4-7,13-16H,8-11H2,1-3H3,(H,23,24,25)/t13?,14-,15?,16?/m0/s1. The van der Waals surface area contributed by atoms with Crippen LogP contribution in [0.2, 0.25) is 0 Å². The second-order valence-electron chi connectivity index (χ2n) is 6.85. The maximum atomic E-state index is 13.9. The lowest BCUT2D eigenvalue weighted by Gasteiger charge is -2.29. The van der Waals surface area contributed by atoms with Crippen molar-refractivity contribution in [2.45, 2.75) is 45.6 Å². The predicted octanol–water partition coefficient (Wildman–Crippen LogP) is 4.69. The van der Waals surface area contributed by atoms with Gasteiger partial charge in [0, 0.05) is 17.4 Å². The molecule has 140 valence electrons. The van der Waals surface area contributed by atoms with Gasteiger partial charge in [0.2, 0.25) is 5.91 Å². The SMILES string of the molecule is CSC(=N[C@@H](C)c1ccccc1F)NC(=O)C(C)C1CCC(C#N)CC1. The lowest BCUT2D eigenvalue weighted by atomic mass is 9.76. The lowest BCUT2D eigenvalue weighted by Crippen LogP contribution is -2.37. The Morgan fingerprint density at radius 2 is 1.96 bits per heavy atom. The number of carbonyl (C=O) groups excluding carboxylic acids is 1. The van der Waals surface area contributed by atoms with Crippen molar-refractivity contribution < 1.29 is 9.18 Å². The van der Waals surface area contributed by atoms with E-state index in [1.54, 1.807) is 18.2 Å². The van der Waals surface area contributed by atoms with Gasteiger partial charge in [-0.2, -0.15) is 5.26 Å². The van der Waals surface area contributed by atoms with Gasteiger partial charge in [0.15, 0.2) is 5.17 Å². The van der Waals surface area contributed by atoms with E-state index < -0.39 is 0 Å². The van der Waals surface area contributed by atoms with E-state index >= 15 is 0 Å². The van der Waals surface area contributed by atoms with E-state index in [4.69, 9.17) is 5.26 Å². The number of amidine groups is 1. The molecule has 1 aromatic rings. The Morgan fingerprint density at radius 3 is 2.54 bits per heavy atom. The third-order valence-electron chi connectivity index (χ3n) is 5.16. The van der Waals surface area contributed by atoms with Gasteiger partial charge in [-0.15, -0.1) is 0 Å². The summed E-state index contributed by atoms with van der Waals surface area (Å²) in [5, 5.41) is 12.4. The molecule has 0 heterocycles. The fourth-order valence-electron chi connectivity index (χ4n) is 3.38. The largest absolute Gasteiger partial charge is 0.305 e. The van der Waals surface area contributed by atoms with E-state index in [2.05, 4.69) is 16.4 Å². The number of benzene rings is 1. The average molecular weight is 376 g/mol. The van der Waals surface area contributed by atoms with Gasteiger partial charge in [0.25, 0.3) is 0 Å². The number of aliphatic imine (C=N–C) groups is 1. The number of nitrogens with zero attached hydrogens (tertiary/aromatic N) is 2. The quantitative estimate of drug-likeness (QED) is 0.613. The highest BCUT2D eigenvalue weighted by Gasteiger charge is 2.29. The molecule has 0 radical (unpaired) electrons. The molecule has 6 heteroatoms. The highest BCUT2D eigenvalue weighted by atomic mass is 32.2. The first-order valence-corrected chi connectivity index (χ1v) is 10.3. The van der Waals surface area contributed by atoms with Crippen LogP contribution in [0.1, 0.15) is 51.1 Å². The highest BCUT2D eigenvalue weighted by Crippen LogP contribution is 2.33. The third-order valence-corrected chi connectivity index (χ3v) is 5.76. The fraction of sp³-hybridized carbons (Fsp3) is 0.550. The van der Waals surface area contributed by atoms with Crippen LogP contribution in [0.3, 0.4) is 0 Å². The van der Waals surface area contributed by atoms with Crippen molar-refractivity contribution in [2.75, 3.05) is 6.26 Å². The molecule has 1 aliphatic rings. The maximum Gasteiger partial charge on any atom is 0.229 e. The van der Waals surface area contributed by atoms with Crippen LogP contribution in [0.4, 0.5) is 4.39 Å². The minimum Gasteiger partial charge on any atom is -0.305 e. The molecule has 1 aromatic carbocycles. The van der Waals surface area contributed by atoms with Crippen molar-refractivity contribution in [1.82, 2.24) is 5.32 Å². The molecule has 1 N–H and O–H groups in total. The highest BCUT2D eigenvalue weighted by molar-refractivity contribution is 8.13. The van der Waals surface area contributed by atoms with Crippen LogP contribution in [0.25, 0.3) is 0 Å². The Kier molecular flexibility index (Phi) is 7.65. The van der Waals surface area contributed by atoms with Gasteiger partial charge in [0.1, 0.15) is 5.82 Å². The molecule has 1 unspecified atom stereocenters. The van der Waals surface area contributed by atoms with Gasteiger partial charge in [0.05, 0.1) is 12.1 Å². The molecule has 2 atom stereocenters. The number of amides is 1. The summed E-state index contributed by atoms with van der Waals surface area (Å²) in [6.07, 6.45) is 5.39. The molecular weight excluding hydrogens is 349 g/mol. The molecular formula is C20H26FN3OS. The zero-order valence-corrected chi connectivity index (χ0v) is 16.4. The van der Waals surface area contributed by atoms with Crippen LogP contribution in [-0.4, -0.2) is 17.3 Å². The molecule has 2 rings (SSSR count). The second-order valence-corrected chi connectivity index (χ2v) is 7.65. The summed E-state index contributed by atoms with van der Waals surface area (Å²) in [5.41, 5.74) is 0.510. The van der Waals surface area contributed by atoms with Crippen molar-refractivity contribution in [3.63, 3.8) is 0 Å². The number of nitriles is 1. The van der Waals surface area contributed by atoms with Gasteiger partial charge < -0.3 is 5.32 Å². The van der Waals surface area contributed by atoms with Crippen LogP contribution < -0.4 is 5.32 Å². The molecule has 0 spiro atoms. The number of halogens is 1. The number of thioether (sulfide) groups is 1. The minimum absolute atomic E-state index is 0.0563. The zero-order valence-electron chi connectivity index (χ0n) is 15.5. The fourth-order valence-corrected chi connectivity index (χ4v) is 3.84. The van der Waals surface area contributed by atoms with Gasteiger partial charge >= 0.3 is 0 Å². The van der Waals surface area contributed by atoms with E-state index in [9.17, 15) is 9.18 Å². The van der Waals surface area contributed by atoms with Crippen molar-refractivity contribution in [2.24, 2.45) is 22.7 Å².